The van der Waals surface area contributed by atoms with Gasteiger partial charge in [0.25, 0.3) is 21.6 Å². The predicted octanol–water partition coefficient (Wildman–Crippen LogP) is 8.15. The highest BCUT2D eigenvalue weighted by molar-refractivity contribution is 7.99. The quantitative estimate of drug-likeness (QED) is 0.0500. The smallest absolute Gasteiger partial charge is 0.293 e. The van der Waals surface area contributed by atoms with Gasteiger partial charge in [0.05, 0.1) is 16.4 Å². The number of carbonyl (C=O) groups excluding carboxylic acids is 1. The van der Waals surface area contributed by atoms with Crippen molar-refractivity contribution >= 4 is 74.3 Å². The van der Waals surface area contributed by atoms with Gasteiger partial charge in [-0.05, 0) is 109 Å². The van der Waals surface area contributed by atoms with Crippen molar-refractivity contribution in [3.8, 4) is 0 Å². The van der Waals surface area contributed by atoms with Crippen molar-refractivity contribution in [1.82, 2.24) is 24.7 Å². The SMILES string of the molecule is C[C@@]1(CN2CCNCC2)CCC(c2ccc(Cl)cc2)=C(CN2CCN(c3ccc(C(=O)NS(=O)(=O)c4ccc(N[C@H](CCN5CCCOCC5)CSc5ccccc5)c([N+](=O)[O-])c4)cc3)CC2)C1.Cl. The second-order valence-electron chi connectivity index (χ2n) is 18.8. The van der Waals surface area contributed by atoms with Crippen LogP contribution in [0.3, 0.4) is 0 Å². The van der Waals surface area contributed by atoms with E-state index < -0.39 is 20.9 Å². The molecule has 0 aromatic heterocycles. The number of nitro groups is 1. The lowest BCUT2D eigenvalue weighted by molar-refractivity contribution is -0.384. The van der Waals surface area contributed by atoms with E-state index in [9.17, 15) is 23.3 Å². The lowest BCUT2D eigenvalue weighted by Crippen LogP contribution is -2.49. The van der Waals surface area contributed by atoms with Crippen LogP contribution in [0.15, 0.2) is 112 Å². The van der Waals surface area contributed by atoms with Gasteiger partial charge in [-0.15, -0.1) is 24.2 Å². The van der Waals surface area contributed by atoms with E-state index >= 15 is 0 Å². The third-order valence-electron chi connectivity index (χ3n) is 13.7. The second-order valence-corrected chi connectivity index (χ2v) is 22.1. The Morgan fingerprint density at radius 3 is 2.36 bits per heavy atom. The van der Waals surface area contributed by atoms with Crippen LogP contribution in [0.25, 0.3) is 5.57 Å². The highest BCUT2D eigenvalue weighted by Crippen LogP contribution is 2.44. The summed E-state index contributed by atoms with van der Waals surface area (Å²) in [4.78, 5) is 35.8. The first kappa shape index (κ1) is 52.6. The summed E-state index contributed by atoms with van der Waals surface area (Å²) in [5.74, 6) is -0.178. The molecular formula is C51H66Cl2N8O6S2. The van der Waals surface area contributed by atoms with Crippen LogP contribution in [0.2, 0.25) is 5.02 Å². The molecule has 0 saturated carbocycles. The number of nitrogens with zero attached hydrogens (tertiary/aromatic N) is 5. The van der Waals surface area contributed by atoms with Crippen molar-refractivity contribution < 1.29 is 22.9 Å². The van der Waals surface area contributed by atoms with Gasteiger partial charge in [0.2, 0.25) is 0 Å². The third kappa shape index (κ3) is 14.7. The summed E-state index contributed by atoms with van der Waals surface area (Å²) < 4.78 is 35.0. The summed E-state index contributed by atoms with van der Waals surface area (Å²) in [6, 6.07) is 28.8. The molecule has 0 unspecified atom stereocenters. The first-order valence-electron chi connectivity index (χ1n) is 24.0. The van der Waals surface area contributed by atoms with Crippen LogP contribution in [-0.4, -0.2) is 144 Å². The molecular weight excluding hydrogens is 956 g/mol. The minimum Gasteiger partial charge on any atom is -0.380 e. The van der Waals surface area contributed by atoms with E-state index in [4.69, 9.17) is 16.3 Å². The van der Waals surface area contributed by atoms with Crippen molar-refractivity contribution in [3.63, 3.8) is 0 Å². The molecule has 1 aliphatic carbocycles. The van der Waals surface area contributed by atoms with E-state index in [2.05, 4.69) is 54.0 Å². The van der Waals surface area contributed by atoms with E-state index in [-0.39, 0.29) is 45.7 Å². The molecule has 14 nitrogen and oxygen atoms in total. The average Bonchev–Trinajstić information content (AvgIpc) is 3.63. The van der Waals surface area contributed by atoms with Crippen molar-refractivity contribution in [2.75, 3.05) is 114 Å². The molecule has 8 rings (SSSR count). The Labute approximate surface area is 423 Å². The molecule has 3 heterocycles. The minimum atomic E-state index is -4.46. The van der Waals surface area contributed by atoms with E-state index in [0.717, 1.165) is 139 Å². The van der Waals surface area contributed by atoms with Crippen LogP contribution in [-0.2, 0) is 14.8 Å². The second kappa shape index (κ2) is 24.7. The number of thioether (sulfide) groups is 1. The van der Waals surface area contributed by atoms with Crippen molar-refractivity contribution in [2.24, 2.45) is 5.41 Å². The van der Waals surface area contributed by atoms with Crippen LogP contribution < -0.4 is 20.3 Å². The van der Waals surface area contributed by atoms with Gasteiger partial charge in [-0.2, -0.15) is 0 Å². The van der Waals surface area contributed by atoms with Crippen molar-refractivity contribution in [1.29, 1.82) is 0 Å². The number of allylic oxidation sites excluding steroid dienone is 1. The number of amides is 1. The molecule has 0 radical (unpaired) electrons. The molecule has 18 heteroatoms. The highest BCUT2D eigenvalue weighted by Gasteiger charge is 2.35. The van der Waals surface area contributed by atoms with Crippen LogP contribution in [0.1, 0.15) is 54.9 Å². The number of piperazine rings is 2. The first-order valence-corrected chi connectivity index (χ1v) is 26.8. The number of hydrogen-bond donors (Lipinski definition) is 3. The van der Waals surface area contributed by atoms with Gasteiger partial charge < -0.3 is 30.1 Å². The van der Waals surface area contributed by atoms with Crippen LogP contribution in [0.5, 0.6) is 0 Å². The molecule has 3 fully saturated rings. The first-order chi connectivity index (χ1) is 32.9. The van der Waals surface area contributed by atoms with Crippen LogP contribution >= 0.6 is 35.8 Å². The zero-order valence-corrected chi connectivity index (χ0v) is 42.7. The van der Waals surface area contributed by atoms with Crippen molar-refractivity contribution in [2.45, 2.75) is 54.9 Å². The molecule has 1 amide bonds. The number of nitrogens with one attached hydrogen (secondary N) is 3. The number of ether oxygens (including phenoxy) is 1. The zero-order chi connectivity index (χ0) is 47.5. The summed E-state index contributed by atoms with van der Waals surface area (Å²) in [7, 11) is -4.46. The number of nitro benzene ring substituents is 1. The van der Waals surface area contributed by atoms with Gasteiger partial charge in [0.1, 0.15) is 5.69 Å². The Hall–Kier alpha value is -4.23. The molecule has 0 bridgehead atoms. The number of benzene rings is 4. The van der Waals surface area contributed by atoms with Gasteiger partial charge >= 0.3 is 0 Å². The highest BCUT2D eigenvalue weighted by atomic mass is 35.5. The topological polar surface area (TPSA) is 153 Å². The number of halogens is 2. The van der Waals surface area contributed by atoms with Gasteiger partial charge in [0.15, 0.2) is 0 Å². The minimum absolute atomic E-state index is 0. The maximum Gasteiger partial charge on any atom is 0.293 e. The summed E-state index contributed by atoms with van der Waals surface area (Å²) in [6.07, 6.45) is 4.94. The largest absolute Gasteiger partial charge is 0.380 e. The maximum atomic E-state index is 13.6. The summed E-state index contributed by atoms with van der Waals surface area (Å²) >= 11 is 7.95. The maximum absolute atomic E-state index is 13.6. The normalized spacial score (nSPS) is 20.4. The van der Waals surface area contributed by atoms with Crippen molar-refractivity contribution in [3.05, 3.63) is 129 Å². The molecule has 3 aliphatic heterocycles. The van der Waals surface area contributed by atoms with Gasteiger partial charge in [-0.1, -0.05) is 54.4 Å². The molecule has 3 saturated heterocycles. The van der Waals surface area contributed by atoms with Gasteiger partial charge in [0, 0.05) is 131 Å². The average molecular weight is 1020 g/mol. The van der Waals surface area contributed by atoms with E-state index in [1.54, 1.807) is 23.9 Å². The van der Waals surface area contributed by atoms with Crippen LogP contribution in [0.4, 0.5) is 17.1 Å². The molecule has 0 spiro atoms. The van der Waals surface area contributed by atoms with E-state index in [1.807, 2.05) is 54.6 Å². The number of rotatable bonds is 18. The zero-order valence-electron chi connectivity index (χ0n) is 39.5. The summed E-state index contributed by atoms with van der Waals surface area (Å²) in [5, 5.41) is 20.0. The fraction of sp³-hybridized carbons (Fsp3) is 0.471. The Morgan fingerprint density at radius 1 is 0.899 bits per heavy atom. The lowest BCUT2D eigenvalue weighted by Gasteiger charge is -2.43. The Kier molecular flexibility index (Phi) is 18.9. The Balaban J connectivity index is 0.00000703. The summed E-state index contributed by atoms with van der Waals surface area (Å²) in [6.45, 7) is 16.1. The third-order valence-corrected chi connectivity index (χ3v) is 16.5. The van der Waals surface area contributed by atoms with E-state index in [1.165, 1.54) is 28.8 Å². The number of sulfonamides is 1. The Morgan fingerprint density at radius 2 is 1.64 bits per heavy atom. The molecule has 4 aliphatic rings. The number of carbonyl (C=O) groups is 1. The number of hydrogen-bond acceptors (Lipinski definition) is 13. The molecule has 4 aromatic rings. The standard InChI is InChI=1S/C51H65ClN8O6S2.ClH/c1-51(38-58-25-21-53-22-26-58)20-18-47(39-8-12-42(52)13-9-39)41(35-51)36-57-27-29-59(30-28-57)44-14-10-40(11-15-44)50(61)55-68(64,65)46-16-17-48(49(34-46)60(62)63)54-43(37-67-45-6-3-2-4-7-45)19-24-56-23-5-32-66-33-31-56;/h2-4,6-17,34,43,53-54H,5,18-33,35-38H2,1H3,(H,55,61);1H/t43-,51-;/m1./s1. The molecule has 3 N–H and O–H groups in total. The molecule has 69 heavy (non-hydrogen) atoms. The van der Waals surface area contributed by atoms with Gasteiger partial charge in [-0.3, -0.25) is 19.8 Å². The monoisotopic (exact) mass is 1020 g/mol. The predicted molar refractivity (Wildman–Crippen MR) is 281 cm³/mol. The van der Waals surface area contributed by atoms with Crippen LogP contribution in [0, 0.1) is 15.5 Å². The van der Waals surface area contributed by atoms with Gasteiger partial charge in [-0.25, -0.2) is 13.1 Å². The number of anilines is 2. The fourth-order valence-electron chi connectivity index (χ4n) is 9.95. The molecule has 4 aromatic carbocycles. The fourth-order valence-corrected chi connectivity index (χ4v) is 12.1. The molecule has 2 atom stereocenters. The molecule has 372 valence electrons. The van der Waals surface area contributed by atoms with E-state index in [0.29, 0.717) is 18.8 Å². The summed E-state index contributed by atoms with van der Waals surface area (Å²) in [5.41, 5.74) is 5.40. The Bertz CT molecular complexity index is 2470. The lowest BCUT2D eigenvalue weighted by atomic mass is 9.71.